The first-order chi connectivity index (χ1) is 10.6. The lowest BCUT2D eigenvalue weighted by atomic mass is 9.82. The van der Waals surface area contributed by atoms with Gasteiger partial charge in [-0.1, -0.05) is 12.2 Å². The standard InChI is InChI=1S/C16H16N2O4/c1-22-14-7-6-10(9-17)8-13(14)18-15(19)11-4-2-3-5-12(11)16(20)21/h2-3,6-8,11-12H,4-5H2,1H3,(H,18,19)(H,20,21)/t11-,12-/m1/s1. The molecule has 1 amide bonds. The second-order valence-corrected chi connectivity index (χ2v) is 5.01. The van der Waals surface area contributed by atoms with Crippen LogP contribution in [0.3, 0.4) is 0 Å². The first kappa shape index (κ1) is 15.6. The van der Waals surface area contributed by atoms with Crippen molar-refractivity contribution < 1.29 is 19.4 Å². The summed E-state index contributed by atoms with van der Waals surface area (Å²) in [6, 6.07) is 6.66. The number of rotatable bonds is 4. The highest BCUT2D eigenvalue weighted by Crippen LogP contribution is 2.30. The minimum absolute atomic E-state index is 0.336. The lowest BCUT2D eigenvalue weighted by Gasteiger charge is -2.24. The summed E-state index contributed by atoms with van der Waals surface area (Å²) >= 11 is 0. The molecule has 6 nitrogen and oxygen atoms in total. The molecule has 6 heteroatoms. The van der Waals surface area contributed by atoms with Crippen molar-refractivity contribution in [2.24, 2.45) is 11.8 Å². The summed E-state index contributed by atoms with van der Waals surface area (Å²) in [5, 5.41) is 20.8. The Labute approximate surface area is 128 Å². The number of nitrogens with zero attached hydrogens (tertiary/aromatic N) is 1. The molecule has 1 aliphatic rings. The largest absolute Gasteiger partial charge is 0.495 e. The van der Waals surface area contributed by atoms with Gasteiger partial charge in [-0.15, -0.1) is 0 Å². The number of carbonyl (C=O) groups is 2. The van der Waals surface area contributed by atoms with E-state index in [2.05, 4.69) is 5.32 Å². The Morgan fingerprint density at radius 3 is 2.59 bits per heavy atom. The monoisotopic (exact) mass is 300 g/mol. The Balaban J connectivity index is 2.23. The Hall–Kier alpha value is -2.81. The van der Waals surface area contributed by atoms with Crippen LogP contribution in [-0.4, -0.2) is 24.1 Å². The zero-order valence-corrected chi connectivity index (χ0v) is 12.1. The Morgan fingerprint density at radius 2 is 2.00 bits per heavy atom. The summed E-state index contributed by atoms with van der Waals surface area (Å²) < 4.78 is 5.15. The molecular formula is C16H16N2O4. The molecule has 0 aliphatic heterocycles. The average Bonchev–Trinajstić information content (AvgIpc) is 2.54. The molecular weight excluding hydrogens is 284 g/mol. The molecule has 0 saturated heterocycles. The third-order valence-electron chi connectivity index (χ3n) is 3.67. The fourth-order valence-corrected chi connectivity index (χ4v) is 2.48. The molecule has 1 aromatic rings. The fraction of sp³-hybridized carbons (Fsp3) is 0.312. The summed E-state index contributed by atoms with van der Waals surface area (Å²) in [5.41, 5.74) is 0.750. The van der Waals surface area contributed by atoms with Crippen LogP contribution in [0.1, 0.15) is 18.4 Å². The maximum absolute atomic E-state index is 12.4. The average molecular weight is 300 g/mol. The van der Waals surface area contributed by atoms with Crippen LogP contribution in [0.15, 0.2) is 30.4 Å². The van der Waals surface area contributed by atoms with E-state index in [0.29, 0.717) is 29.8 Å². The van der Waals surface area contributed by atoms with E-state index in [0.717, 1.165) is 0 Å². The molecule has 1 aromatic carbocycles. The Kier molecular flexibility index (Phi) is 4.79. The minimum atomic E-state index is -0.984. The van der Waals surface area contributed by atoms with Crippen LogP contribution in [0.4, 0.5) is 5.69 Å². The third kappa shape index (κ3) is 3.26. The predicted octanol–water partition coefficient (Wildman–Crippen LogP) is 2.17. The number of nitrogens with one attached hydrogen (secondary N) is 1. The summed E-state index contributed by atoms with van der Waals surface area (Å²) in [5.74, 6) is -2.33. The van der Waals surface area contributed by atoms with Gasteiger partial charge in [0.05, 0.1) is 36.3 Å². The molecule has 0 radical (unpaired) electrons. The van der Waals surface area contributed by atoms with E-state index in [1.165, 1.54) is 13.2 Å². The first-order valence-corrected chi connectivity index (χ1v) is 6.83. The van der Waals surface area contributed by atoms with Crippen LogP contribution < -0.4 is 10.1 Å². The maximum Gasteiger partial charge on any atom is 0.307 e. The highest BCUT2D eigenvalue weighted by Gasteiger charge is 2.34. The van der Waals surface area contributed by atoms with E-state index in [9.17, 15) is 14.7 Å². The molecule has 2 atom stereocenters. The second kappa shape index (κ2) is 6.76. The number of allylic oxidation sites excluding steroid dienone is 2. The number of benzene rings is 1. The van der Waals surface area contributed by atoms with Gasteiger partial charge in [0, 0.05) is 0 Å². The van der Waals surface area contributed by atoms with Crippen molar-refractivity contribution in [2.45, 2.75) is 12.8 Å². The van der Waals surface area contributed by atoms with Crippen LogP contribution in [-0.2, 0) is 9.59 Å². The van der Waals surface area contributed by atoms with E-state index < -0.39 is 17.8 Å². The van der Waals surface area contributed by atoms with Crippen molar-refractivity contribution in [3.05, 3.63) is 35.9 Å². The molecule has 0 fully saturated rings. The van der Waals surface area contributed by atoms with Crippen LogP contribution in [0.2, 0.25) is 0 Å². The number of methoxy groups -OCH3 is 1. The van der Waals surface area contributed by atoms with E-state index in [1.54, 1.807) is 18.2 Å². The number of aliphatic carboxylic acids is 1. The number of amides is 1. The van der Waals surface area contributed by atoms with Crippen molar-refractivity contribution in [1.29, 1.82) is 5.26 Å². The topological polar surface area (TPSA) is 99.4 Å². The van der Waals surface area contributed by atoms with Crippen molar-refractivity contribution in [2.75, 3.05) is 12.4 Å². The third-order valence-corrected chi connectivity index (χ3v) is 3.67. The van der Waals surface area contributed by atoms with E-state index >= 15 is 0 Å². The molecule has 0 spiro atoms. The highest BCUT2D eigenvalue weighted by atomic mass is 16.5. The number of carbonyl (C=O) groups excluding carboxylic acids is 1. The second-order valence-electron chi connectivity index (χ2n) is 5.01. The number of hydrogen-bond donors (Lipinski definition) is 2. The van der Waals surface area contributed by atoms with Gasteiger partial charge in [-0.2, -0.15) is 5.26 Å². The first-order valence-electron chi connectivity index (χ1n) is 6.83. The van der Waals surface area contributed by atoms with Gasteiger partial charge in [-0.25, -0.2) is 0 Å². The number of anilines is 1. The van der Waals surface area contributed by atoms with Crippen molar-refractivity contribution in [3.63, 3.8) is 0 Å². The number of nitriles is 1. The lowest BCUT2D eigenvalue weighted by molar-refractivity contribution is -0.146. The lowest BCUT2D eigenvalue weighted by Crippen LogP contribution is -2.34. The van der Waals surface area contributed by atoms with Gasteiger partial charge < -0.3 is 15.2 Å². The summed E-state index contributed by atoms with van der Waals surface area (Å²) in [6.45, 7) is 0. The number of carboxylic acid groups (broad SMARTS) is 1. The zero-order chi connectivity index (χ0) is 16.1. The summed E-state index contributed by atoms with van der Waals surface area (Å²) in [4.78, 5) is 23.7. The van der Waals surface area contributed by atoms with Gasteiger partial charge in [-0.3, -0.25) is 9.59 Å². The van der Waals surface area contributed by atoms with Crippen LogP contribution in [0.5, 0.6) is 5.75 Å². The molecule has 0 saturated carbocycles. The smallest absolute Gasteiger partial charge is 0.307 e. The maximum atomic E-state index is 12.4. The van der Waals surface area contributed by atoms with Crippen LogP contribution in [0.25, 0.3) is 0 Å². The predicted molar refractivity (Wildman–Crippen MR) is 79.3 cm³/mol. The Morgan fingerprint density at radius 1 is 1.32 bits per heavy atom. The number of hydrogen-bond acceptors (Lipinski definition) is 4. The van der Waals surface area contributed by atoms with E-state index in [-0.39, 0.29) is 5.91 Å². The summed E-state index contributed by atoms with van der Waals surface area (Å²) in [7, 11) is 1.46. The van der Waals surface area contributed by atoms with Gasteiger partial charge in [0.25, 0.3) is 0 Å². The molecule has 0 unspecified atom stereocenters. The van der Waals surface area contributed by atoms with E-state index in [1.807, 2.05) is 12.1 Å². The van der Waals surface area contributed by atoms with Gasteiger partial charge in [0.1, 0.15) is 5.75 Å². The quantitative estimate of drug-likeness (QED) is 0.830. The SMILES string of the molecule is COc1ccc(C#N)cc1NC(=O)[C@@H]1CC=CC[C@H]1C(=O)O. The van der Waals surface area contributed by atoms with Gasteiger partial charge in [0.2, 0.25) is 5.91 Å². The normalized spacial score (nSPS) is 20.0. The molecule has 2 N–H and O–H groups in total. The Bertz CT molecular complexity index is 661. The molecule has 2 rings (SSSR count). The van der Waals surface area contributed by atoms with Crippen molar-refractivity contribution >= 4 is 17.6 Å². The summed E-state index contributed by atoms with van der Waals surface area (Å²) in [6.07, 6.45) is 4.30. The zero-order valence-electron chi connectivity index (χ0n) is 12.1. The molecule has 22 heavy (non-hydrogen) atoms. The molecule has 0 heterocycles. The van der Waals surface area contributed by atoms with Gasteiger partial charge in [0.15, 0.2) is 0 Å². The minimum Gasteiger partial charge on any atom is -0.495 e. The highest BCUT2D eigenvalue weighted by molar-refractivity contribution is 5.96. The fourth-order valence-electron chi connectivity index (χ4n) is 2.48. The molecule has 1 aliphatic carbocycles. The molecule has 0 bridgehead atoms. The van der Waals surface area contributed by atoms with Gasteiger partial charge >= 0.3 is 5.97 Å². The van der Waals surface area contributed by atoms with Gasteiger partial charge in [-0.05, 0) is 31.0 Å². The van der Waals surface area contributed by atoms with Crippen LogP contribution >= 0.6 is 0 Å². The van der Waals surface area contributed by atoms with E-state index in [4.69, 9.17) is 10.00 Å². The number of carboxylic acids is 1. The van der Waals surface area contributed by atoms with Crippen molar-refractivity contribution in [1.82, 2.24) is 0 Å². The molecule has 0 aromatic heterocycles. The van der Waals surface area contributed by atoms with Crippen molar-refractivity contribution in [3.8, 4) is 11.8 Å². The van der Waals surface area contributed by atoms with Crippen LogP contribution in [0, 0.1) is 23.2 Å². The molecule has 114 valence electrons. The number of ether oxygens (including phenoxy) is 1.